The number of carbonyl (C=O) groups is 2. The second-order valence-corrected chi connectivity index (χ2v) is 7.61. The molecule has 4 nitrogen and oxygen atoms in total. The number of carbonyl (C=O) groups excluding carboxylic acids is 2. The largest absolute Gasteiger partial charge is 0.425 e. The third-order valence-corrected chi connectivity index (χ3v) is 5.08. The van der Waals surface area contributed by atoms with E-state index in [1.54, 1.807) is 24.3 Å². The number of ether oxygens (including phenoxy) is 1. The van der Waals surface area contributed by atoms with Crippen LogP contribution in [0, 0.1) is 5.82 Å². The highest BCUT2D eigenvalue weighted by molar-refractivity contribution is 9.10. The van der Waals surface area contributed by atoms with Gasteiger partial charge < -0.3 is 10.1 Å². The van der Waals surface area contributed by atoms with Crippen molar-refractivity contribution in [2.75, 3.05) is 6.54 Å². The first-order valence-electron chi connectivity index (χ1n) is 9.54. The molecule has 0 aliphatic rings. The SMILES string of the molecule is CC(=O)Oc1c(Br)cc(C(=O)NCCCc2ccccc2)cc1-c1ccccc1F. The van der Waals surface area contributed by atoms with E-state index in [1.165, 1.54) is 24.6 Å². The van der Waals surface area contributed by atoms with Crippen molar-refractivity contribution >= 4 is 27.8 Å². The van der Waals surface area contributed by atoms with Gasteiger partial charge in [0.1, 0.15) is 5.82 Å². The molecule has 1 N–H and O–H groups in total. The summed E-state index contributed by atoms with van der Waals surface area (Å²) < 4.78 is 20.1. The molecule has 0 spiro atoms. The number of amides is 1. The van der Waals surface area contributed by atoms with Gasteiger partial charge in [-0.25, -0.2) is 4.39 Å². The van der Waals surface area contributed by atoms with Crippen LogP contribution in [0.1, 0.15) is 29.3 Å². The van der Waals surface area contributed by atoms with Crippen LogP contribution in [0.2, 0.25) is 0 Å². The molecule has 0 radical (unpaired) electrons. The molecule has 3 aromatic carbocycles. The zero-order valence-corrected chi connectivity index (χ0v) is 18.0. The van der Waals surface area contributed by atoms with E-state index in [0.29, 0.717) is 22.1 Å². The number of esters is 1. The van der Waals surface area contributed by atoms with Gasteiger partial charge in [0.2, 0.25) is 0 Å². The Morgan fingerprint density at radius 2 is 1.70 bits per heavy atom. The Labute approximate surface area is 183 Å². The topological polar surface area (TPSA) is 55.4 Å². The van der Waals surface area contributed by atoms with Gasteiger partial charge in [-0.2, -0.15) is 0 Å². The number of hydrogen-bond acceptors (Lipinski definition) is 3. The lowest BCUT2D eigenvalue weighted by atomic mass is 10.0. The number of hydrogen-bond donors (Lipinski definition) is 1. The van der Waals surface area contributed by atoms with E-state index < -0.39 is 11.8 Å². The fourth-order valence-electron chi connectivity index (χ4n) is 3.09. The summed E-state index contributed by atoms with van der Waals surface area (Å²) in [6.07, 6.45) is 1.65. The number of halogens is 2. The van der Waals surface area contributed by atoms with Crippen molar-refractivity contribution in [3.05, 3.63) is 88.1 Å². The molecule has 154 valence electrons. The molecular formula is C24H21BrFNO3. The van der Waals surface area contributed by atoms with Crippen molar-refractivity contribution in [3.63, 3.8) is 0 Å². The summed E-state index contributed by atoms with van der Waals surface area (Å²) in [5.74, 6) is -1.12. The predicted molar refractivity (Wildman–Crippen MR) is 118 cm³/mol. The maximum absolute atomic E-state index is 14.4. The molecule has 0 saturated heterocycles. The van der Waals surface area contributed by atoms with Crippen molar-refractivity contribution in [1.82, 2.24) is 5.32 Å². The monoisotopic (exact) mass is 469 g/mol. The van der Waals surface area contributed by atoms with Crippen LogP contribution in [0.3, 0.4) is 0 Å². The number of nitrogens with one attached hydrogen (secondary N) is 1. The summed E-state index contributed by atoms with van der Waals surface area (Å²) >= 11 is 3.35. The van der Waals surface area contributed by atoms with Crippen molar-refractivity contribution in [1.29, 1.82) is 0 Å². The van der Waals surface area contributed by atoms with Gasteiger partial charge in [-0.15, -0.1) is 0 Å². The first-order valence-corrected chi connectivity index (χ1v) is 10.3. The Balaban J connectivity index is 1.80. The van der Waals surface area contributed by atoms with Gasteiger partial charge >= 0.3 is 5.97 Å². The van der Waals surface area contributed by atoms with Crippen molar-refractivity contribution in [3.8, 4) is 16.9 Å². The molecule has 3 rings (SSSR count). The highest BCUT2D eigenvalue weighted by Crippen LogP contribution is 2.39. The lowest BCUT2D eigenvalue weighted by Crippen LogP contribution is -2.25. The summed E-state index contributed by atoms with van der Waals surface area (Å²) in [5, 5.41) is 2.89. The molecule has 0 unspecified atom stereocenters. The minimum atomic E-state index is -0.536. The third-order valence-electron chi connectivity index (χ3n) is 4.49. The van der Waals surface area contributed by atoms with Crippen LogP contribution in [-0.4, -0.2) is 18.4 Å². The molecule has 0 atom stereocenters. The molecule has 0 aliphatic heterocycles. The van der Waals surface area contributed by atoms with Crippen LogP contribution in [-0.2, 0) is 11.2 Å². The van der Waals surface area contributed by atoms with Crippen LogP contribution in [0.5, 0.6) is 5.75 Å². The molecule has 0 aliphatic carbocycles. The Hall–Kier alpha value is -2.99. The molecule has 0 aromatic heterocycles. The Bertz CT molecular complexity index is 1050. The standard InChI is InChI=1S/C24H21BrFNO3/c1-16(28)30-23-20(19-11-5-6-12-22(19)26)14-18(15-21(23)25)24(29)27-13-7-10-17-8-3-2-4-9-17/h2-6,8-9,11-12,14-15H,7,10,13H2,1H3,(H,27,29). The summed E-state index contributed by atoms with van der Waals surface area (Å²) in [5.41, 5.74) is 2.12. The van der Waals surface area contributed by atoms with Gasteiger partial charge in [-0.05, 0) is 52.5 Å². The molecule has 6 heteroatoms. The Morgan fingerprint density at radius 3 is 2.40 bits per heavy atom. The highest BCUT2D eigenvalue weighted by atomic mass is 79.9. The molecule has 0 fully saturated rings. The normalized spacial score (nSPS) is 10.5. The lowest BCUT2D eigenvalue weighted by molar-refractivity contribution is -0.131. The highest BCUT2D eigenvalue weighted by Gasteiger charge is 2.19. The van der Waals surface area contributed by atoms with Gasteiger partial charge in [0.15, 0.2) is 5.75 Å². The van der Waals surface area contributed by atoms with E-state index in [4.69, 9.17) is 4.74 Å². The minimum absolute atomic E-state index is 0.174. The zero-order valence-electron chi connectivity index (χ0n) is 16.5. The van der Waals surface area contributed by atoms with Gasteiger partial charge in [0.25, 0.3) is 5.91 Å². The van der Waals surface area contributed by atoms with Crippen LogP contribution < -0.4 is 10.1 Å². The quantitative estimate of drug-likeness (QED) is 0.280. The molecule has 1 amide bonds. The first-order chi connectivity index (χ1) is 14.5. The fourth-order valence-corrected chi connectivity index (χ4v) is 3.63. The molecule has 3 aromatic rings. The second-order valence-electron chi connectivity index (χ2n) is 6.75. The lowest BCUT2D eigenvalue weighted by Gasteiger charge is -2.14. The van der Waals surface area contributed by atoms with Gasteiger partial charge in [-0.3, -0.25) is 9.59 Å². The fraction of sp³-hybridized carbons (Fsp3) is 0.167. The average molecular weight is 470 g/mol. The summed E-state index contributed by atoms with van der Waals surface area (Å²) in [6, 6.07) is 19.3. The average Bonchev–Trinajstić information content (AvgIpc) is 2.73. The van der Waals surface area contributed by atoms with Crippen LogP contribution >= 0.6 is 15.9 Å². The van der Waals surface area contributed by atoms with E-state index in [1.807, 2.05) is 30.3 Å². The van der Waals surface area contributed by atoms with E-state index in [9.17, 15) is 14.0 Å². The number of benzene rings is 3. The van der Waals surface area contributed by atoms with E-state index >= 15 is 0 Å². The second kappa shape index (κ2) is 10.2. The van der Waals surface area contributed by atoms with E-state index in [2.05, 4.69) is 21.2 Å². The predicted octanol–water partition coefficient (Wildman–Crippen LogP) is 5.54. The number of rotatable bonds is 7. The molecule has 0 bridgehead atoms. The van der Waals surface area contributed by atoms with Crippen molar-refractivity contribution in [2.24, 2.45) is 0 Å². The van der Waals surface area contributed by atoms with Crippen LogP contribution in [0.4, 0.5) is 4.39 Å². The number of aryl methyl sites for hydroxylation is 1. The maximum Gasteiger partial charge on any atom is 0.308 e. The minimum Gasteiger partial charge on any atom is -0.425 e. The van der Waals surface area contributed by atoms with Crippen molar-refractivity contribution in [2.45, 2.75) is 19.8 Å². The maximum atomic E-state index is 14.4. The molecular weight excluding hydrogens is 449 g/mol. The molecule has 30 heavy (non-hydrogen) atoms. The summed E-state index contributed by atoms with van der Waals surface area (Å²) in [4.78, 5) is 24.2. The Morgan fingerprint density at radius 1 is 1.00 bits per heavy atom. The van der Waals surface area contributed by atoms with Gasteiger partial charge in [-0.1, -0.05) is 48.5 Å². The first kappa shape index (κ1) is 21.7. The van der Waals surface area contributed by atoms with E-state index in [-0.39, 0.29) is 17.2 Å². The summed E-state index contributed by atoms with van der Waals surface area (Å²) in [6.45, 7) is 1.77. The van der Waals surface area contributed by atoms with Crippen LogP contribution in [0.15, 0.2) is 71.2 Å². The molecule has 0 heterocycles. The van der Waals surface area contributed by atoms with Gasteiger partial charge in [0, 0.05) is 30.2 Å². The van der Waals surface area contributed by atoms with Crippen LogP contribution in [0.25, 0.3) is 11.1 Å². The Kier molecular flexibility index (Phi) is 7.36. The zero-order chi connectivity index (χ0) is 21.5. The van der Waals surface area contributed by atoms with Crippen molar-refractivity contribution < 1.29 is 18.7 Å². The van der Waals surface area contributed by atoms with E-state index in [0.717, 1.165) is 12.8 Å². The van der Waals surface area contributed by atoms with Gasteiger partial charge in [0.05, 0.1) is 4.47 Å². The smallest absolute Gasteiger partial charge is 0.308 e. The third kappa shape index (κ3) is 5.54. The molecule has 0 saturated carbocycles. The summed E-state index contributed by atoms with van der Waals surface area (Å²) in [7, 11) is 0.